The zero-order chi connectivity index (χ0) is 20.1. The zero-order valence-electron chi connectivity index (χ0n) is 15.3. The number of fused-ring (bicyclic) bond motifs is 1. The van der Waals surface area contributed by atoms with E-state index < -0.39 is 15.8 Å². The molecule has 0 bridgehead atoms. The summed E-state index contributed by atoms with van der Waals surface area (Å²) in [6.07, 6.45) is 0. The average Bonchev–Trinajstić information content (AvgIpc) is 2.96. The van der Waals surface area contributed by atoms with Crippen molar-refractivity contribution in [3.8, 4) is 11.3 Å². The number of aryl methyl sites for hydroxylation is 2. The van der Waals surface area contributed by atoms with E-state index in [1.54, 1.807) is 25.1 Å². The highest BCUT2D eigenvalue weighted by molar-refractivity contribution is 7.90. The molecule has 0 aliphatic carbocycles. The predicted octanol–water partition coefficient (Wildman–Crippen LogP) is 5.95. The maximum atomic E-state index is 15.0. The van der Waals surface area contributed by atoms with Crippen molar-refractivity contribution < 1.29 is 12.8 Å². The van der Waals surface area contributed by atoms with Gasteiger partial charge in [0.05, 0.1) is 10.6 Å². The van der Waals surface area contributed by atoms with Gasteiger partial charge in [0, 0.05) is 10.4 Å². The van der Waals surface area contributed by atoms with E-state index in [4.69, 9.17) is 11.6 Å². The van der Waals surface area contributed by atoms with Gasteiger partial charge in [0.15, 0.2) is 0 Å². The van der Waals surface area contributed by atoms with Crippen LogP contribution in [0, 0.1) is 19.7 Å². The number of nitrogens with zero attached hydrogens (tertiary/aromatic N) is 1. The number of benzene rings is 3. The summed E-state index contributed by atoms with van der Waals surface area (Å²) >= 11 is 6.05. The smallest absolute Gasteiger partial charge is 0.230 e. The standard InChI is InChI=1S/C22H17ClFNO2S/c1-14-8-10-18(11-9-14)28(26,27)25-21(16-6-4-3-5-7-16)15(2)19-12-17(23)13-20(24)22(19)25/h3-13H,1-2H3. The van der Waals surface area contributed by atoms with Gasteiger partial charge in [-0.2, -0.15) is 0 Å². The maximum Gasteiger partial charge on any atom is 0.268 e. The number of halogens is 2. The molecule has 3 aromatic carbocycles. The molecular formula is C22H17ClFNO2S. The van der Waals surface area contributed by atoms with Crippen LogP contribution in [0.1, 0.15) is 11.1 Å². The van der Waals surface area contributed by atoms with Gasteiger partial charge in [-0.05, 0) is 49.2 Å². The van der Waals surface area contributed by atoms with Crippen molar-refractivity contribution in [3.63, 3.8) is 0 Å². The van der Waals surface area contributed by atoms with Crippen molar-refractivity contribution >= 4 is 32.5 Å². The van der Waals surface area contributed by atoms with Gasteiger partial charge in [-0.3, -0.25) is 0 Å². The van der Waals surface area contributed by atoms with Gasteiger partial charge >= 0.3 is 0 Å². The summed E-state index contributed by atoms with van der Waals surface area (Å²) < 4.78 is 43.2. The second kappa shape index (κ2) is 6.76. The van der Waals surface area contributed by atoms with Crippen LogP contribution in [0.3, 0.4) is 0 Å². The number of hydrogen-bond acceptors (Lipinski definition) is 2. The van der Waals surface area contributed by atoms with Crippen molar-refractivity contribution in [2.24, 2.45) is 0 Å². The third-order valence-electron chi connectivity index (χ3n) is 4.80. The highest BCUT2D eigenvalue weighted by Gasteiger charge is 2.28. The molecular weight excluding hydrogens is 397 g/mol. The van der Waals surface area contributed by atoms with E-state index in [1.165, 1.54) is 12.1 Å². The zero-order valence-corrected chi connectivity index (χ0v) is 16.9. The number of aromatic nitrogens is 1. The Morgan fingerprint density at radius 2 is 1.57 bits per heavy atom. The van der Waals surface area contributed by atoms with E-state index in [0.29, 0.717) is 22.2 Å². The summed E-state index contributed by atoms with van der Waals surface area (Å²) in [5, 5.41) is 0.692. The molecule has 3 nitrogen and oxygen atoms in total. The summed E-state index contributed by atoms with van der Waals surface area (Å²) in [6.45, 7) is 3.66. The average molecular weight is 414 g/mol. The summed E-state index contributed by atoms with van der Waals surface area (Å²) in [5.74, 6) is -0.677. The molecule has 0 saturated heterocycles. The van der Waals surface area contributed by atoms with Crippen molar-refractivity contribution in [2.45, 2.75) is 18.7 Å². The Kier molecular flexibility index (Phi) is 4.52. The molecule has 0 radical (unpaired) electrons. The minimum absolute atomic E-state index is 0.00123. The van der Waals surface area contributed by atoms with E-state index >= 15 is 0 Å². The molecule has 1 heterocycles. The van der Waals surface area contributed by atoms with Gasteiger partial charge in [0.1, 0.15) is 11.3 Å². The molecule has 0 aliphatic heterocycles. The fraction of sp³-hybridized carbons (Fsp3) is 0.0909. The first-order chi connectivity index (χ1) is 13.3. The van der Waals surface area contributed by atoms with E-state index in [9.17, 15) is 12.8 Å². The molecule has 4 aromatic rings. The molecule has 6 heteroatoms. The molecule has 0 atom stereocenters. The minimum Gasteiger partial charge on any atom is -0.230 e. The SMILES string of the molecule is Cc1ccc(S(=O)(=O)n2c(-c3ccccc3)c(C)c3cc(Cl)cc(F)c32)cc1. The molecule has 0 N–H and O–H groups in total. The first-order valence-electron chi connectivity index (χ1n) is 8.68. The molecule has 1 aromatic heterocycles. The lowest BCUT2D eigenvalue weighted by molar-refractivity contribution is 0.586. The van der Waals surface area contributed by atoms with Gasteiger partial charge in [-0.25, -0.2) is 16.8 Å². The van der Waals surface area contributed by atoms with Gasteiger partial charge in [-0.1, -0.05) is 59.6 Å². The first-order valence-corrected chi connectivity index (χ1v) is 10.5. The second-order valence-corrected chi connectivity index (χ2v) is 8.93. The van der Waals surface area contributed by atoms with Crippen molar-refractivity contribution in [1.29, 1.82) is 0 Å². The van der Waals surface area contributed by atoms with Crippen LogP contribution < -0.4 is 0 Å². The van der Waals surface area contributed by atoms with Crippen LogP contribution >= 0.6 is 11.6 Å². The van der Waals surface area contributed by atoms with Crippen molar-refractivity contribution in [1.82, 2.24) is 3.97 Å². The molecule has 0 saturated carbocycles. The number of rotatable bonds is 3. The van der Waals surface area contributed by atoms with Crippen LogP contribution in [-0.2, 0) is 10.0 Å². The molecule has 0 unspecified atom stereocenters. The monoisotopic (exact) mass is 413 g/mol. The lowest BCUT2D eigenvalue weighted by Crippen LogP contribution is -2.15. The van der Waals surface area contributed by atoms with Crippen LogP contribution in [0.4, 0.5) is 4.39 Å². The molecule has 0 spiro atoms. The van der Waals surface area contributed by atoms with E-state index in [1.807, 2.05) is 37.3 Å². The van der Waals surface area contributed by atoms with E-state index in [2.05, 4.69) is 0 Å². The van der Waals surface area contributed by atoms with Crippen LogP contribution in [0.15, 0.2) is 71.6 Å². The lowest BCUT2D eigenvalue weighted by Gasteiger charge is -2.13. The topological polar surface area (TPSA) is 39.1 Å². The molecule has 0 amide bonds. The fourth-order valence-corrected chi connectivity index (χ4v) is 5.24. The maximum absolute atomic E-state index is 15.0. The summed E-state index contributed by atoms with van der Waals surface area (Å²) in [7, 11) is -4.04. The molecule has 4 rings (SSSR count). The van der Waals surface area contributed by atoms with Gasteiger partial charge < -0.3 is 0 Å². The summed E-state index contributed by atoms with van der Waals surface area (Å²) in [5.41, 5.74) is 2.70. The highest BCUT2D eigenvalue weighted by Crippen LogP contribution is 2.38. The molecule has 0 aliphatic rings. The van der Waals surface area contributed by atoms with E-state index in [-0.39, 0.29) is 15.4 Å². The second-order valence-electron chi connectivity index (χ2n) is 6.71. The third-order valence-corrected chi connectivity index (χ3v) is 6.73. The lowest BCUT2D eigenvalue weighted by atomic mass is 10.1. The Labute approximate surface area is 168 Å². The summed E-state index contributed by atoms with van der Waals surface area (Å²) in [4.78, 5) is 0.0986. The fourth-order valence-electron chi connectivity index (χ4n) is 3.44. The number of hydrogen-bond donors (Lipinski definition) is 0. The first kappa shape index (κ1) is 18.7. The molecule has 142 valence electrons. The normalized spacial score (nSPS) is 11.9. The minimum atomic E-state index is -4.04. The van der Waals surface area contributed by atoms with Crippen LogP contribution in [0.2, 0.25) is 5.02 Å². The Morgan fingerprint density at radius 1 is 0.929 bits per heavy atom. The van der Waals surface area contributed by atoms with Crippen molar-refractivity contribution in [3.05, 3.63) is 88.7 Å². The Balaban J connectivity index is 2.16. The summed E-state index contributed by atoms with van der Waals surface area (Å²) in [6, 6.07) is 18.4. The Bertz CT molecular complexity index is 1290. The third kappa shape index (κ3) is 2.91. The molecule has 28 heavy (non-hydrogen) atoms. The van der Waals surface area contributed by atoms with E-state index in [0.717, 1.165) is 15.6 Å². The largest absolute Gasteiger partial charge is 0.268 e. The van der Waals surface area contributed by atoms with Gasteiger partial charge in [-0.15, -0.1) is 0 Å². The van der Waals surface area contributed by atoms with Crippen LogP contribution in [0.25, 0.3) is 22.2 Å². The van der Waals surface area contributed by atoms with Gasteiger partial charge in [0.2, 0.25) is 0 Å². The quantitative estimate of drug-likeness (QED) is 0.416. The predicted molar refractivity (Wildman–Crippen MR) is 111 cm³/mol. The van der Waals surface area contributed by atoms with Gasteiger partial charge in [0.25, 0.3) is 10.0 Å². The molecule has 0 fully saturated rings. The van der Waals surface area contributed by atoms with Crippen LogP contribution in [-0.4, -0.2) is 12.4 Å². The van der Waals surface area contributed by atoms with Crippen molar-refractivity contribution in [2.75, 3.05) is 0 Å². The van der Waals surface area contributed by atoms with Crippen LogP contribution in [0.5, 0.6) is 0 Å². The highest BCUT2D eigenvalue weighted by atomic mass is 35.5. The Hall–Kier alpha value is -2.63. The Morgan fingerprint density at radius 3 is 2.21 bits per heavy atom.